The highest BCUT2D eigenvalue weighted by molar-refractivity contribution is 5.27. The molecule has 0 atom stereocenters. The van der Waals surface area contributed by atoms with Gasteiger partial charge in [-0.15, -0.1) is 0 Å². The van der Waals surface area contributed by atoms with E-state index in [2.05, 4.69) is 0 Å². The minimum absolute atomic E-state index is 0. The van der Waals surface area contributed by atoms with Crippen molar-refractivity contribution in [3.05, 3.63) is 35.4 Å². The van der Waals surface area contributed by atoms with E-state index in [9.17, 15) is 13.2 Å². The standard InChI is InChI=1S/C8H7F3/c1-6-4-2-3-5-7(6)8(9,10)11/h2-5H,1H3/p+1. The Morgan fingerprint density at radius 1 is 1.18 bits per heavy atom. The molecule has 3 heteroatoms. The molecule has 60 valence electrons. The molecule has 0 aliphatic rings. The molecule has 0 unspecified atom stereocenters. The zero-order valence-corrected chi connectivity index (χ0v) is 5.94. The average molecular weight is 161 g/mol. The van der Waals surface area contributed by atoms with Gasteiger partial charge in [0, 0.05) is 0 Å². The molecule has 1 rings (SSSR count). The Morgan fingerprint density at radius 2 is 1.73 bits per heavy atom. The Balaban J connectivity index is 0.00000121. The Hall–Kier alpha value is -0.990. The van der Waals surface area contributed by atoms with Gasteiger partial charge in [0.15, 0.2) is 0 Å². The summed E-state index contributed by atoms with van der Waals surface area (Å²) in [7, 11) is 0. The number of benzene rings is 1. The highest BCUT2D eigenvalue weighted by Gasteiger charge is 2.31. The maximum absolute atomic E-state index is 12.0. The third kappa shape index (κ3) is 1.73. The molecule has 11 heavy (non-hydrogen) atoms. The van der Waals surface area contributed by atoms with E-state index in [4.69, 9.17) is 0 Å². The number of hydrogen-bond donors (Lipinski definition) is 0. The van der Waals surface area contributed by atoms with Gasteiger partial charge in [0.25, 0.3) is 0 Å². The van der Waals surface area contributed by atoms with Gasteiger partial charge in [-0.05, 0) is 18.6 Å². The van der Waals surface area contributed by atoms with Crippen molar-refractivity contribution in [3.63, 3.8) is 0 Å². The largest absolute Gasteiger partial charge is 1.00 e. The van der Waals surface area contributed by atoms with E-state index in [-0.39, 0.29) is 6.99 Å². The van der Waals surface area contributed by atoms with Crippen LogP contribution in [0.5, 0.6) is 0 Å². The molecule has 0 spiro atoms. The molecule has 0 fully saturated rings. The van der Waals surface area contributed by atoms with Crippen LogP contribution in [-0.2, 0) is 6.18 Å². The molecule has 0 heterocycles. The summed E-state index contributed by atoms with van der Waals surface area (Å²) < 4.78 is 36.1. The van der Waals surface area contributed by atoms with Gasteiger partial charge in [0.05, 0.1) is 5.56 Å². The van der Waals surface area contributed by atoms with Gasteiger partial charge in [-0.25, -0.2) is 0 Å². The molecule has 0 bridgehead atoms. The second-order valence-electron chi connectivity index (χ2n) is 2.31. The summed E-state index contributed by atoms with van der Waals surface area (Å²) in [6.07, 6.45) is -4.22. The molecule has 0 radical (unpaired) electrons. The zero-order valence-electron chi connectivity index (χ0n) is 6.94. The summed E-state index contributed by atoms with van der Waals surface area (Å²) >= 11 is 0. The normalized spacial score (nSPS) is 11.6. The fourth-order valence-electron chi connectivity index (χ4n) is 0.891. The Bertz CT molecular complexity index is 255. The Labute approximate surface area is 64.1 Å². The molecule has 1 aromatic carbocycles. The summed E-state index contributed by atoms with van der Waals surface area (Å²) in [5.74, 6) is 0. The van der Waals surface area contributed by atoms with E-state index in [1.807, 2.05) is 0 Å². The summed E-state index contributed by atoms with van der Waals surface area (Å²) in [4.78, 5) is 0. The first-order chi connectivity index (χ1) is 5.02. The van der Waals surface area contributed by atoms with Crippen LogP contribution in [0.15, 0.2) is 24.3 Å². The van der Waals surface area contributed by atoms with E-state index < -0.39 is 11.7 Å². The number of aryl methyl sites for hydroxylation is 1. The van der Waals surface area contributed by atoms with Crippen LogP contribution in [0.3, 0.4) is 0 Å². The van der Waals surface area contributed by atoms with Crippen molar-refractivity contribution in [3.8, 4) is 0 Å². The number of halogens is 3. The number of rotatable bonds is 0. The van der Waals surface area contributed by atoms with Gasteiger partial charge in [-0.2, -0.15) is 13.2 Å². The molecule has 0 nitrogen and oxygen atoms in total. The lowest BCUT2D eigenvalue weighted by atomic mass is 10.1. The van der Waals surface area contributed by atoms with E-state index in [0.717, 1.165) is 6.07 Å². The van der Waals surface area contributed by atoms with Crippen molar-refractivity contribution >= 4 is 0 Å². The predicted molar refractivity (Wildman–Crippen MR) is 37.3 cm³/mol. The van der Waals surface area contributed by atoms with Crippen molar-refractivity contribution in [2.75, 3.05) is 0 Å². The first-order valence-corrected chi connectivity index (χ1v) is 3.14. The molecule has 1 aromatic rings. The molecule has 0 N–H and O–H groups in total. The highest BCUT2D eigenvalue weighted by atomic mass is 19.4. The third-order valence-corrected chi connectivity index (χ3v) is 1.45. The van der Waals surface area contributed by atoms with E-state index in [1.165, 1.54) is 19.1 Å². The summed E-state index contributed by atoms with van der Waals surface area (Å²) in [5, 5.41) is 0. The quantitative estimate of drug-likeness (QED) is 0.548. The minimum Gasteiger partial charge on any atom is -0.166 e. The van der Waals surface area contributed by atoms with E-state index >= 15 is 0 Å². The van der Waals surface area contributed by atoms with Crippen molar-refractivity contribution < 1.29 is 14.6 Å². The van der Waals surface area contributed by atoms with E-state index in [1.54, 1.807) is 6.07 Å². The van der Waals surface area contributed by atoms with Gasteiger partial charge in [-0.3, -0.25) is 0 Å². The molecular formula is C8H8F3+. The molecule has 0 aliphatic heterocycles. The van der Waals surface area contributed by atoms with Crippen molar-refractivity contribution in [2.24, 2.45) is 0 Å². The second kappa shape index (κ2) is 2.57. The van der Waals surface area contributed by atoms with Crippen LogP contribution in [0.25, 0.3) is 0 Å². The van der Waals surface area contributed by atoms with Gasteiger partial charge in [0.1, 0.15) is 0 Å². The number of alkyl halides is 3. The highest BCUT2D eigenvalue weighted by Crippen LogP contribution is 2.31. The van der Waals surface area contributed by atoms with E-state index in [0.29, 0.717) is 0 Å². The van der Waals surface area contributed by atoms with Crippen molar-refractivity contribution in [2.45, 2.75) is 13.1 Å². The first-order valence-electron chi connectivity index (χ1n) is 3.14. The molecule has 0 amide bonds. The average Bonchev–Trinajstić information content (AvgIpc) is 1.86. The topological polar surface area (TPSA) is 0 Å². The van der Waals surface area contributed by atoms with Crippen LogP contribution in [0.4, 0.5) is 13.2 Å². The summed E-state index contributed by atoms with van der Waals surface area (Å²) in [6.45, 7) is 1.45. The van der Waals surface area contributed by atoms with Crippen LogP contribution in [0, 0.1) is 6.92 Å². The van der Waals surface area contributed by atoms with Crippen LogP contribution < -0.4 is 0 Å². The number of hydrogen-bond acceptors (Lipinski definition) is 0. The van der Waals surface area contributed by atoms with Crippen LogP contribution in [-0.4, -0.2) is 0 Å². The van der Waals surface area contributed by atoms with Gasteiger partial charge in [0.2, 0.25) is 0 Å². The van der Waals surface area contributed by atoms with Gasteiger partial charge >= 0.3 is 7.60 Å². The smallest absolute Gasteiger partial charge is 0.166 e. The summed E-state index contributed by atoms with van der Waals surface area (Å²) in [6, 6.07) is 5.50. The Kier molecular flexibility index (Phi) is 1.89. The third-order valence-electron chi connectivity index (χ3n) is 1.45. The predicted octanol–water partition coefficient (Wildman–Crippen LogP) is 3.13. The molecular weight excluding hydrogens is 153 g/mol. The maximum atomic E-state index is 12.0. The van der Waals surface area contributed by atoms with Crippen molar-refractivity contribution in [1.29, 1.82) is 0 Å². The SMILES string of the molecule is Cc1ccccc1C(F)(F)F.[H+]. The van der Waals surface area contributed by atoms with Crippen LogP contribution in [0.2, 0.25) is 0 Å². The maximum Gasteiger partial charge on any atom is 1.00 e. The monoisotopic (exact) mass is 161 g/mol. The minimum atomic E-state index is -4.22. The first kappa shape index (κ1) is 8.11. The van der Waals surface area contributed by atoms with Gasteiger partial charge < -0.3 is 0 Å². The van der Waals surface area contributed by atoms with Crippen LogP contribution >= 0.6 is 0 Å². The van der Waals surface area contributed by atoms with Gasteiger partial charge in [-0.1, -0.05) is 18.2 Å². The Morgan fingerprint density at radius 3 is 2.09 bits per heavy atom. The molecule has 0 aliphatic carbocycles. The molecule has 0 aromatic heterocycles. The lowest BCUT2D eigenvalue weighted by Crippen LogP contribution is -2.06. The fourth-order valence-corrected chi connectivity index (χ4v) is 0.891. The van der Waals surface area contributed by atoms with Crippen LogP contribution in [0.1, 0.15) is 12.6 Å². The zero-order chi connectivity index (χ0) is 8.48. The lowest BCUT2D eigenvalue weighted by Gasteiger charge is -2.08. The van der Waals surface area contributed by atoms with Crippen molar-refractivity contribution in [1.82, 2.24) is 0 Å². The molecule has 0 saturated heterocycles. The lowest BCUT2D eigenvalue weighted by molar-refractivity contribution is -0.138. The summed E-state index contributed by atoms with van der Waals surface area (Å²) in [5.41, 5.74) is -0.292. The molecule has 0 saturated carbocycles. The second-order valence-corrected chi connectivity index (χ2v) is 2.31. The fraction of sp³-hybridized carbons (Fsp3) is 0.250.